The van der Waals surface area contributed by atoms with E-state index in [-0.39, 0.29) is 0 Å². The minimum atomic E-state index is 0.391. The van der Waals surface area contributed by atoms with Gasteiger partial charge >= 0.3 is 0 Å². The molecular formula is C10H17N3OS. The lowest BCUT2D eigenvalue weighted by Crippen LogP contribution is -2.34. The molecule has 1 aromatic heterocycles. The average molecular weight is 227 g/mol. The second kappa shape index (κ2) is 4.99. The highest BCUT2D eigenvalue weighted by Gasteiger charge is 2.32. The molecule has 2 unspecified atom stereocenters. The highest BCUT2D eigenvalue weighted by molar-refractivity contribution is 7.99. The lowest BCUT2D eigenvalue weighted by atomic mass is 10.0. The topological polar surface area (TPSA) is 51.0 Å². The lowest BCUT2D eigenvalue weighted by Gasteiger charge is -2.15. The molecule has 0 aliphatic carbocycles. The Balaban J connectivity index is 2.08. The Kier molecular flexibility index (Phi) is 3.64. The van der Waals surface area contributed by atoms with Crippen LogP contribution in [0.3, 0.4) is 0 Å². The number of aromatic nitrogens is 2. The van der Waals surface area contributed by atoms with Crippen molar-refractivity contribution in [2.24, 2.45) is 0 Å². The molecule has 2 rings (SSSR count). The molecule has 2 heterocycles. The van der Waals surface area contributed by atoms with Gasteiger partial charge < -0.3 is 9.84 Å². The summed E-state index contributed by atoms with van der Waals surface area (Å²) in [6.07, 6.45) is 0.842. The Morgan fingerprint density at radius 2 is 2.33 bits per heavy atom. The van der Waals surface area contributed by atoms with E-state index in [1.807, 2.05) is 18.7 Å². The third-order valence-electron chi connectivity index (χ3n) is 2.66. The minimum Gasteiger partial charge on any atom is -0.339 e. The first-order valence-electron chi connectivity index (χ1n) is 5.48. The second-order valence-electron chi connectivity index (χ2n) is 3.71. The van der Waals surface area contributed by atoms with Gasteiger partial charge in [-0.05, 0) is 6.54 Å². The molecule has 4 nitrogen and oxygen atoms in total. The van der Waals surface area contributed by atoms with Crippen molar-refractivity contribution >= 4 is 11.8 Å². The zero-order chi connectivity index (χ0) is 10.7. The van der Waals surface area contributed by atoms with Gasteiger partial charge in [0, 0.05) is 24.0 Å². The van der Waals surface area contributed by atoms with Crippen molar-refractivity contribution < 1.29 is 4.52 Å². The summed E-state index contributed by atoms with van der Waals surface area (Å²) < 4.78 is 5.30. The number of nitrogens with zero attached hydrogens (tertiary/aromatic N) is 2. The number of aryl methyl sites for hydroxylation is 1. The first-order valence-corrected chi connectivity index (χ1v) is 6.64. The lowest BCUT2D eigenvalue weighted by molar-refractivity contribution is 0.337. The maximum Gasteiger partial charge on any atom is 0.232 e. The summed E-state index contributed by atoms with van der Waals surface area (Å²) in [7, 11) is 0. The number of thioether (sulfide) groups is 1. The molecule has 1 aromatic rings. The minimum absolute atomic E-state index is 0.391. The van der Waals surface area contributed by atoms with Crippen LogP contribution in [0.2, 0.25) is 0 Å². The first-order chi connectivity index (χ1) is 7.35. The number of hydrogen-bond acceptors (Lipinski definition) is 5. The van der Waals surface area contributed by atoms with Crippen LogP contribution in [0.15, 0.2) is 4.52 Å². The van der Waals surface area contributed by atoms with Crippen molar-refractivity contribution in [3.63, 3.8) is 0 Å². The fourth-order valence-corrected chi connectivity index (χ4v) is 3.19. The van der Waals surface area contributed by atoms with Gasteiger partial charge in [0.1, 0.15) is 0 Å². The number of hydrogen-bond donors (Lipinski definition) is 1. The monoisotopic (exact) mass is 227 g/mol. The van der Waals surface area contributed by atoms with Gasteiger partial charge in [-0.15, -0.1) is 0 Å². The van der Waals surface area contributed by atoms with Crippen LogP contribution in [0.1, 0.15) is 31.5 Å². The Bertz CT molecular complexity index is 315. The summed E-state index contributed by atoms with van der Waals surface area (Å²) in [4.78, 5) is 4.41. The largest absolute Gasteiger partial charge is 0.339 e. The number of rotatable bonds is 4. The van der Waals surface area contributed by atoms with Crippen LogP contribution in [-0.4, -0.2) is 34.2 Å². The van der Waals surface area contributed by atoms with Crippen molar-refractivity contribution in [2.75, 3.05) is 18.1 Å². The van der Waals surface area contributed by atoms with Crippen LogP contribution in [-0.2, 0) is 6.42 Å². The molecule has 5 heteroatoms. The SMILES string of the molecule is CCNC1CSCC1c1nc(CC)no1. The smallest absolute Gasteiger partial charge is 0.232 e. The summed E-state index contributed by atoms with van der Waals surface area (Å²) in [5.41, 5.74) is 0. The Labute approximate surface area is 94.2 Å². The molecule has 15 heavy (non-hydrogen) atoms. The van der Waals surface area contributed by atoms with E-state index >= 15 is 0 Å². The van der Waals surface area contributed by atoms with Crippen molar-refractivity contribution in [3.8, 4) is 0 Å². The van der Waals surface area contributed by atoms with E-state index in [0.29, 0.717) is 12.0 Å². The predicted molar refractivity (Wildman–Crippen MR) is 61.2 cm³/mol. The standard InChI is InChI=1S/C10H17N3OS/c1-3-9-12-10(14-13-9)7-5-15-6-8(7)11-4-2/h7-8,11H,3-6H2,1-2H3. The van der Waals surface area contributed by atoms with Crippen molar-refractivity contribution in [3.05, 3.63) is 11.7 Å². The van der Waals surface area contributed by atoms with E-state index in [0.717, 1.165) is 36.2 Å². The zero-order valence-electron chi connectivity index (χ0n) is 9.19. The van der Waals surface area contributed by atoms with Crippen LogP contribution in [0.5, 0.6) is 0 Å². The Morgan fingerprint density at radius 1 is 1.47 bits per heavy atom. The maximum absolute atomic E-state index is 5.30. The average Bonchev–Trinajstić information content (AvgIpc) is 2.85. The molecule has 0 amide bonds. The van der Waals surface area contributed by atoms with E-state index in [1.54, 1.807) is 0 Å². The van der Waals surface area contributed by atoms with Crippen molar-refractivity contribution in [1.29, 1.82) is 0 Å². The van der Waals surface area contributed by atoms with Gasteiger partial charge in [-0.25, -0.2) is 0 Å². The molecule has 2 atom stereocenters. The summed E-state index contributed by atoms with van der Waals surface area (Å²) in [5.74, 6) is 4.24. The van der Waals surface area contributed by atoms with Crippen LogP contribution in [0.25, 0.3) is 0 Å². The number of nitrogens with one attached hydrogen (secondary N) is 1. The van der Waals surface area contributed by atoms with Gasteiger partial charge in [-0.2, -0.15) is 16.7 Å². The summed E-state index contributed by atoms with van der Waals surface area (Å²) in [6.45, 7) is 5.17. The first kappa shape index (κ1) is 11.0. The zero-order valence-corrected chi connectivity index (χ0v) is 10.0. The molecule has 1 saturated heterocycles. The molecule has 1 fully saturated rings. The molecule has 0 aromatic carbocycles. The van der Waals surface area contributed by atoms with E-state index in [4.69, 9.17) is 4.52 Å². The highest BCUT2D eigenvalue weighted by atomic mass is 32.2. The maximum atomic E-state index is 5.30. The molecule has 0 spiro atoms. The van der Waals surface area contributed by atoms with Crippen LogP contribution in [0, 0.1) is 0 Å². The van der Waals surface area contributed by atoms with Gasteiger partial charge in [0.25, 0.3) is 0 Å². The van der Waals surface area contributed by atoms with Gasteiger partial charge in [0.2, 0.25) is 5.89 Å². The summed E-state index contributed by atoms with van der Waals surface area (Å²) in [5, 5.41) is 7.42. The Morgan fingerprint density at radius 3 is 3.00 bits per heavy atom. The quantitative estimate of drug-likeness (QED) is 0.843. The molecule has 84 valence electrons. The van der Waals surface area contributed by atoms with E-state index < -0.39 is 0 Å². The molecule has 1 aliphatic rings. The van der Waals surface area contributed by atoms with E-state index in [1.165, 1.54) is 0 Å². The Hall–Kier alpha value is -0.550. The van der Waals surface area contributed by atoms with Crippen LogP contribution < -0.4 is 5.32 Å². The van der Waals surface area contributed by atoms with Crippen LogP contribution >= 0.6 is 11.8 Å². The molecule has 1 aliphatic heterocycles. The third-order valence-corrected chi connectivity index (χ3v) is 3.85. The molecule has 0 saturated carbocycles. The van der Waals surface area contributed by atoms with Gasteiger partial charge in [-0.1, -0.05) is 19.0 Å². The predicted octanol–water partition coefficient (Wildman–Crippen LogP) is 1.44. The van der Waals surface area contributed by atoms with Crippen molar-refractivity contribution in [2.45, 2.75) is 32.2 Å². The highest BCUT2D eigenvalue weighted by Crippen LogP contribution is 2.31. The van der Waals surface area contributed by atoms with Crippen molar-refractivity contribution in [1.82, 2.24) is 15.5 Å². The van der Waals surface area contributed by atoms with Gasteiger partial charge in [0.05, 0.1) is 5.92 Å². The fraction of sp³-hybridized carbons (Fsp3) is 0.800. The van der Waals surface area contributed by atoms with Crippen LogP contribution in [0.4, 0.5) is 0 Å². The normalized spacial score (nSPS) is 26.0. The molecule has 0 bridgehead atoms. The van der Waals surface area contributed by atoms with Gasteiger partial charge in [0.15, 0.2) is 5.82 Å². The summed E-state index contributed by atoms with van der Waals surface area (Å²) >= 11 is 1.95. The molecule has 1 N–H and O–H groups in total. The van der Waals surface area contributed by atoms with E-state index in [2.05, 4.69) is 22.4 Å². The fourth-order valence-electron chi connectivity index (χ4n) is 1.82. The third kappa shape index (κ3) is 2.34. The molecule has 0 radical (unpaired) electrons. The van der Waals surface area contributed by atoms with E-state index in [9.17, 15) is 0 Å². The number of likely N-dealkylation sites (N-methyl/N-ethyl adjacent to an activating group) is 1. The summed E-state index contributed by atoms with van der Waals surface area (Å²) in [6, 6.07) is 0.491. The second-order valence-corrected chi connectivity index (χ2v) is 4.79. The van der Waals surface area contributed by atoms with Gasteiger partial charge in [-0.3, -0.25) is 0 Å². The molecular weight excluding hydrogens is 210 g/mol.